The summed E-state index contributed by atoms with van der Waals surface area (Å²) in [6.07, 6.45) is 3.73. The molecule has 6 nitrogen and oxygen atoms in total. The molecular formula is C16H30N2O4. The van der Waals surface area contributed by atoms with Crippen molar-refractivity contribution in [2.45, 2.75) is 63.9 Å². The minimum Gasteiger partial charge on any atom is -0.444 e. The first-order valence-corrected chi connectivity index (χ1v) is 8.25. The summed E-state index contributed by atoms with van der Waals surface area (Å²) in [4.78, 5) is 13.5. The Kier molecular flexibility index (Phi) is 5.69. The van der Waals surface area contributed by atoms with Crippen LogP contribution < -0.4 is 5.32 Å². The average Bonchev–Trinajstić information content (AvgIpc) is 2.87. The van der Waals surface area contributed by atoms with Crippen molar-refractivity contribution in [2.24, 2.45) is 0 Å². The number of likely N-dealkylation sites (N-methyl/N-ethyl adjacent to an activating group) is 1. The number of nitrogens with zero attached hydrogens (tertiary/aromatic N) is 1. The van der Waals surface area contributed by atoms with E-state index < -0.39 is 5.60 Å². The SMILES string of the molecule is CN(CCNC1CCC2(CC1)OCCO2)C(=O)OC(C)(C)C. The number of rotatable bonds is 4. The van der Waals surface area contributed by atoms with Crippen LogP contribution in [0, 0.1) is 0 Å². The number of hydrogen-bond donors (Lipinski definition) is 1. The summed E-state index contributed by atoms with van der Waals surface area (Å²) in [5.41, 5.74) is -0.447. The van der Waals surface area contributed by atoms with E-state index in [-0.39, 0.29) is 11.9 Å². The van der Waals surface area contributed by atoms with Crippen molar-refractivity contribution in [3.05, 3.63) is 0 Å². The van der Waals surface area contributed by atoms with Crippen molar-refractivity contribution < 1.29 is 19.0 Å². The molecule has 0 atom stereocenters. The fourth-order valence-corrected chi connectivity index (χ4v) is 2.91. The van der Waals surface area contributed by atoms with Gasteiger partial charge >= 0.3 is 6.09 Å². The molecule has 2 aliphatic rings. The van der Waals surface area contributed by atoms with Crippen molar-refractivity contribution in [3.8, 4) is 0 Å². The van der Waals surface area contributed by atoms with Crippen LogP contribution >= 0.6 is 0 Å². The van der Waals surface area contributed by atoms with Crippen LogP contribution in [0.25, 0.3) is 0 Å². The van der Waals surface area contributed by atoms with Crippen molar-refractivity contribution in [1.29, 1.82) is 0 Å². The van der Waals surface area contributed by atoms with Gasteiger partial charge in [-0.2, -0.15) is 0 Å². The number of carbonyl (C=O) groups is 1. The molecule has 0 bridgehead atoms. The van der Waals surface area contributed by atoms with Crippen molar-refractivity contribution in [3.63, 3.8) is 0 Å². The molecule has 1 N–H and O–H groups in total. The summed E-state index contributed by atoms with van der Waals surface area (Å²) in [7, 11) is 1.77. The van der Waals surface area contributed by atoms with Crippen LogP contribution in [0.4, 0.5) is 4.79 Å². The topological polar surface area (TPSA) is 60.0 Å². The van der Waals surface area contributed by atoms with Crippen molar-refractivity contribution in [1.82, 2.24) is 10.2 Å². The summed E-state index contributed by atoms with van der Waals surface area (Å²) in [6.45, 7) is 8.49. The van der Waals surface area contributed by atoms with E-state index in [9.17, 15) is 4.79 Å². The van der Waals surface area contributed by atoms with Gasteiger partial charge in [-0.05, 0) is 33.6 Å². The minimum atomic E-state index is -0.447. The van der Waals surface area contributed by atoms with Gasteiger partial charge in [0.1, 0.15) is 5.60 Å². The smallest absolute Gasteiger partial charge is 0.410 e. The first-order valence-electron chi connectivity index (χ1n) is 8.25. The van der Waals surface area contributed by atoms with Gasteiger partial charge in [-0.25, -0.2) is 4.79 Å². The van der Waals surface area contributed by atoms with Crippen LogP contribution in [0.5, 0.6) is 0 Å². The first-order chi connectivity index (χ1) is 10.3. The highest BCUT2D eigenvalue weighted by Crippen LogP contribution is 2.35. The molecule has 22 heavy (non-hydrogen) atoms. The summed E-state index contributed by atoms with van der Waals surface area (Å²) in [5.74, 6) is -0.300. The Morgan fingerprint density at radius 1 is 1.27 bits per heavy atom. The maximum absolute atomic E-state index is 11.9. The van der Waals surface area contributed by atoms with E-state index in [1.165, 1.54) is 0 Å². The third-order valence-corrected chi connectivity index (χ3v) is 4.15. The molecule has 1 aliphatic heterocycles. The lowest BCUT2D eigenvalue weighted by Gasteiger charge is -2.36. The van der Waals surface area contributed by atoms with Crippen LogP contribution in [-0.4, -0.2) is 61.8 Å². The Morgan fingerprint density at radius 2 is 1.86 bits per heavy atom. The molecule has 1 heterocycles. The molecule has 1 saturated heterocycles. The second-order valence-corrected chi connectivity index (χ2v) is 7.24. The molecule has 0 aromatic carbocycles. The van der Waals surface area contributed by atoms with E-state index in [0.717, 1.165) is 45.4 Å². The molecule has 0 unspecified atom stereocenters. The molecule has 128 valence electrons. The monoisotopic (exact) mass is 314 g/mol. The van der Waals surface area contributed by atoms with Crippen molar-refractivity contribution >= 4 is 6.09 Å². The molecule has 2 rings (SSSR count). The highest BCUT2D eigenvalue weighted by atomic mass is 16.7. The molecule has 2 fully saturated rings. The van der Waals surface area contributed by atoms with E-state index >= 15 is 0 Å². The lowest BCUT2D eigenvalue weighted by molar-refractivity contribution is -0.179. The molecule has 1 amide bonds. The fourth-order valence-electron chi connectivity index (χ4n) is 2.91. The van der Waals surface area contributed by atoms with Gasteiger partial charge in [0.15, 0.2) is 5.79 Å². The summed E-state index contributed by atoms with van der Waals surface area (Å²) in [6, 6.07) is 0.477. The summed E-state index contributed by atoms with van der Waals surface area (Å²) < 4.78 is 16.8. The zero-order valence-corrected chi connectivity index (χ0v) is 14.3. The Bertz CT molecular complexity index is 365. The largest absolute Gasteiger partial charge is 0.444 e. The van der Waals surface area contributed by atoms with E-state index in [2.05, 4.69) is 5.32 Å². The van der Waals surface area contributed by atoms with Gasteiger partial charge in [0, 0.05) is 39.0 Å². The maximum Gasteiger partial charge on any atom is 0.410 e. The van der Waals surface area contributed by atoms with Gasteiger partial charge in [-0.15, -0.1) is 0 Å². The predicted molar refractivity (Wildman–Crippen MR) is 83.8 cm³/mol. The van der Waals surface area contributed by atoms with Crippen molar-refractivity contribution in [2.75, 3.05) is 33.4 Å². The van der Waals surface area contributed by atoms with E-state index in [4.69, 9.17) is 14.2 Å². The molecule has 6 heteroatoms. The molecule has 0 aromatic heterocycles. The Labute approximate surface area is 133 Å². The molecule has 1 saturated carbocycles. The highest BCUT2D eigenvalue weighted by molar-refractivity contribution is 5.67. The van der Waals surface area contributed by atoms with Gasteiger partial charge in [0.25, 0.3) is 0 Å². The number of ether oxygens (including phenoxy) is 3. The lowest BCUT2D eigenvalue weighted by Crippen LogP contribution is -2.44. The Balaban J connectivity index is 1.62. The van der Waals surface area contributed by atoms with Gasteiger partial charge in [-0.1, -0.05) is 0 Å². The lowest BCUT2D eigenvalue weighted by atomic mass is 9.90. The van der Waals surface area contributed by atoms with Crippen LogP contribution in [0.2, 0.25) is 0 Å². The predicted octanol–water partition coefficient (Wildman–Crippen LogP) is 2.13. The minimum absolute atomic E-state index is 0.273. The van der Waals surface area contributed by atoms with Crippen LogP contribution in [0.3, 0.4) is 0 Å². The Hall–Kier alpha value is -0.850. The first kappa shape index (κ1) is 17.5. The average molecular weight is 314 g/mol. The van der Waals surface area contributed by atoms with E-state index in [0.29, 0.717) is 12.6 Å². The van der Waals surface area contributed by atoms with Crippen LogP contribution in [-0.2, 0) is 14.2 Å². The second kappa shape index (κ2) is 7.15. The standard InChI is InChI=1S/C16H30N2O4/c1-15(2,3)22-14(19)18(4)10-9-17-13-5-7-16(8-6-13)20-11-12-21-16/h13,17H,5-12H2,1-4H3. The van der Waals surface area contributed by atoms with Gasteiger partial charge < -0.3 is 24.4 Å². The molecule has 0 radical (unpaired) electrons. The van der Waals surface area contributed by atoms with E-state index in [1.807, 2.05) is 20.8 Å². The van der Waals surface area contributed by atoms with Gasteiger partial charge in [0.2, 0.25) is 0 Å². The number of hydrogen-bond acceptors (Lipinski definition) is 5. The zero-order valence-electron chi connectivity index (χ0n) is 14.3. The molecule has 1 aliphatic carbocycles. The third-order valence-electron chi connectivity index (χ3n) is 4.15. The normalized spacial score (nSPS) is 22.0. The molecule has 1 spiro atoms. The van der Waals surface area contributed by atoms with E-state index in [1.54, 1.807) is 11.9 Å². The van der Waals surface area contributed by atoms with Crippen LogP contribution in [0.15, 0.2) is 0 Å². The second-order valence-electron chi connectivity index (χ2n) is 7.24. The highest BCUT2D eigenvalue weighted by Gasteiger charge is 2.40. The maximum atomic E-state index is 11.9. The van der Waals surface area contributed by atoms with Gasteiger partial charge in [-0.3, -0.25) is 0 Å². The summed E-state index contributed by atoms with van der Waals surface area (Å²) in [5, 5.41) is 3.52. The number of nitrogens with one attached hydrogen (secondary N) is 1. The number of carbonyl (C=O) groups excluding carboxylic acids is 1. The molecule has 0 aromatic rings. The van der Waals surface area contributed by atoms with Gasteiger partial charge in [0.05, 0.1) is 13.2 Å². The fraction of sp³-hybridized carbons (Fsp3) is 0.938. The summed E-state index contributed by atoms with van der Waals surface area (Å²) >= 11 is 0. The van der Waals surface area contributed by atoms with Crippen LogP contribution in [0.1, 0.15) is 46.5 Å². The third kappa shape index (κ3) is 5.11. The molecular weight excluding hydrogens is 284 g/mol. The number of amides is 1. The zero-order chi connectivity index (χ0) is 16.2. The quantitative estimate of drug-likeness (QED) is 0.861. The Morgan fingerprint density at radius 3 is 2.41 bits per heavy atom.